The van der Waals surface area contributed by atoms with Crippen molar-refractivity contribution in [2.45, 2.75) is 5.51 Å². The van der Waals surface area contributed by atoms with Crippen molar-refractivity contribution in [2.75, 3.05) is 0 Å². The summed E-state index contributed by atoms with van der Waals surface area (Å²) in [6.07, 6.45) is 0. The molecule has 0 fully saturated rings. The Morgan fingerprint density at radius 3 is 1.07 bits per heavy atom. The van der Waals surface area contributed by atoms with Crippen LogP contribution in [0, 0.1) is 0 Å². The molecule has 0 saturated carbocycles. The van der Waals surface area contributed by atoms with Gasteiger partial charge in [-0.1, -0.05) is 36.4 Å². The van der Waals surface area contributed by atoms with Crippen LogP contribution in [0.2, 0.25) is 0 Å². The van der Waals surface area contributed by atoms with Gasteiger partial charge >= 0.3 is 27.9 Å². The monoisotopic (exact) mass is 334 g/mol. The fraction of sp³-hybridized carbons (Fsp3) is 0.143. The Kier molecular flexibility index (Phi) is 7.99. The van der Waals surface area contributed by atoms with E-state index in [4.69, 9.17) is 13.0 Å². The quantitative estimate of drug-likeness (QED) is 0.412. The van der Waals surface area contributed by atoms with Crippen LogP contribution in [0.25, 0.3) is 0 Å². The molecule has 3 nitrogen and oxygen atoms in total. The zero-order chi connectivity index (χ0) is 11.2. The zero-order valence-corrected chi connectivity index (χ0v) is 9.33. The van der Waals surface area contributed by atoms with Crippen molar-refractivity contribution < 1.29 is 48.5 Å². The SMILES string of the molecule is O=S(=O)([O-])C(F)(F)F.[Ag+].c1ccccc1. The third-order valence-electron chi connectivity index (χ3n) is 0.950. The Bertz CT molecular complexity index is 323. The summed E-state index contributed by atoms with van der Waals surface area (Å²) in [6.45, 7) is 0. The average Bonchev–Trinajstić information content (AvgIpc) is 2.05. The molecule has 0 bridgehead atoms. The maximum absolute atomic E-state index is 10.7. The van der Waals surface area contributed by atoms with Crippen molar-refractivity contribution in [1.82, 2.24) is 0 Å². The minimum absolute atomic E-state index is 0. The van der Waals surface area contributed by atoms with Gasteiger partial charge in [0.15, 0.2) is 10.1 Å². The van der Waals surface area contributed by atoms with Crippen molar-refractivity contribution in [1.29, 1.82) is 0 Å². The Labute approximate surface area is 101 Å². The van der Waals surface area contributed by atoms with Crippen LogP contribution in [-0.2, 0) is 32.5 Å². The molecule has 1 aromatic carbocycles. The minimum atomic E-state index is -6.09. The van der Waals surface area contributed by atoms with E-state index in [2.05, 4.69) is 0 Å². The molecule has 0 aliphatic rings. The molecular formula is C7H6AgF3O3S. The summed E-state index contributed by atoms with van der Waals surface area (Å²) in [7, 11) is -6.09. The number of hydrogen-bond acceptors (Lipinski definition) is 3. The molecule has 8 heteroatoms. The summed E-state index contributed by atoms with van der Waals surface area (Å²) >= 11 is 0. The van der Waals surface area contributed by atoms with Crippen LogP contribution in [0.4, 0.5) is 13.2 Å². The van der Waals surface area contributed by atoms with E-state index in [1.807, 2.05) is 36.4 Å². The first-order chi connectivity index (χ1) is 6.25. The minimum Gasteiger partial charge on any atom is -0.741 e. The molecule has 0 unspecified atom stereocenters. The molecule has 0 aliphatic carbocycles. The van der Waals surface area contributed by atoms with Crippen LogP contribution in [-0.4, -0.2) is 18.5 Å². The average molecular weight is 335 g/mol. The van der Waals surface area contributed by atoms with Gasteiger partial charge < -0.3 is 4.55 Å². The van der Waals surface area contributed by atoms with Crippen molar-refractivity contribution >= 4 is 10.1 Å². The summed E-state index contributed by atoms with van der Waals surface area (Å²) in [5.41, 5.74) is -5.65. The molecule has 15 heavy (non-hydrogen) atoms. The summed E-state index contributed by atoms with van der Waals surface area (Å²) < 4.78 is 58.9. The van der Waals surface area contributed by atoms with Gasteiger partial charge in [-0.25, -0.2) is 8.42 Å². The molecule has 0 saturated heterocycles. The number of hydrogen-bond donors (Lipinski definition) is 0. The molecule has 1 rings (SSSR count). The predicted molar refractivity (Wildman–Crippen MR) is 42.2 cm³/mol. The van der Waals surface area contributed by atoms with Gasteiger partial charge in [-0.3, -0.25) is 0 Å². The second-order valence-corrected chi connectivity index (χ2v) is 3.43. The van der Waals surface area contributed by atoms with E-state index in [1.54, 1.807) is 0 Å². The van der Waals surface area contributed by atoms with E-state index in [0.29, 0.717) is 0 Å². The summed E-state index contributed by atoms with van der Waals surface area (Å²) in [5, 5.41) is 0. The molecule has 0 heterocycles. The Hall–Kier alpha value is -0.340. The maximum Gasteiger partial charge on any atom is 1.00 e. The molecule has 0 amide bonds. The van der Waals surface area contributed by atoms with Crippen LogP contribution >= 0.6 is 0 Å². The van der Waals surface area contributed by atoms with Gasteiger partial charge in [-0.15, -0.1) is 0 Å². The molecule has 0 N–H and O–H groups in total. The molecule has 0 spiro atoms. The third kappa shape index (κ3) is 8.64. The summed E-state index contributed by atoms with van der Waals surface area (Å²) in [4.78, 5) is 0. The molecule has 90 valence electrons. The number of alkyl halides is 3. The van der Waals surface area contributed by atoms with Crippen LogP contribution in [0.1, 0.15) is 0 Å². The topological polar surface area (TPSA) is 57.2 Å². The van der Waals surface area contributed by atoms with E-state index in [0.717, 1.165) is 0 Å². The van der Waals surface area contributed by atoms with Crippen molar-refractivity contribution in [3.63, 3.8) is 0 Å². The van der Waals surface area contributed by atoms with Gasteiger partial charge in [0.25, 0.3) is 0 Å². The molecule has 0 atom stereocenters. The van der Waals surface area contributed by atoms with Crippen molar-refractivity contribution in [3.8, 4) is 0 Å². The summed E-state index contributed by atoms with van der Waals surface area (Å²) in [6, 6.07) is 12.0. The second kappa shape index (κ2) is 7.02. The van der Waals surface area contributed by atoms with Gasteiger partial charge in [0.05, 0.1) is 0 Å². The first kappa shape index (κ1) is 17.1. The molecular weight excluding hydrogens is 329 g/mol. The van der Waals surface area contributed by atoms with Crippen LogP contribution in [0.3, 0.4) is 0 Å². The van der Waals surface area contributed by atoms with Crippen molar-refractivity contribution in [2.24, 2.45) is 0 Å². The summed E-state index contributed by atoms with van der Waals surface area (Å²) in [5.74, 6) is 0. The van der Waals surface area contributed by atoms with E-state index < -0.39 is 15.6 Å². The number of halogens is 3. The molecule has 0 aromatic heterocycles. The Morgan fingerprint density at radius 2 is 1.00 bits per heavy atom. The first-order valence-electron chi connectivity index (χ1n) is 3.27. The first-order valence-corrected chi connectivity index (χ1v) is 4.68. The second-order valence-electron chi connectivity index (χ2n) is 2.05. The van der Waals surface area contributed by atoms with Gasteiger partial charge in [0.2, 0.25) is 0 Å². The van der Waals surface area contributed by atoms with Crippen LogP contribution in [0.5, 0.6) is 0 Å². The van der Waals surface area contributed by atoms with Gasteiger partial charge in [0, 0.05) is 0 Å². The Balaban J connectivity index is 0. The van der Waals surface area contributed by atoms with E-state index in [-0.39, 0.29) is 22.4 Å². The fourth-order valence-corrected chi connectivity index (χ4v) is 0.385. The molecule has 1 aromatic rings. The van der Waals surface area contributed by atoms with Crippen LogP contribution < -0.4 is 0 Å². The van der Waals surface area contributed by atoms with E-state index >= 15 is 0 Å². The van der Waals surface area contributed by atoms with Gasteiger partial charge in [-0.05, 0) is 0 Å². The van der Waals surface area contributed by atoms with Gasteiger partial charge in [-0.2, -0.15) is 13.2 Å². The van der Waals surface area contributed by atoms with Crippen molar-refractivity contribution in [3.05, 3.63) is 36.4 Å². The zero-order valence-electron chi connectivity index (χ0n) is 7.03. The number of benzene rings is 1. The fourth-order valence-electron chi connectivity index (χ4n) is 0.385. The predicted octanol–water partition coefficient (Wildman–Crippen LogP) is 1.74. The third-order valence-corrected chi connectivity index (χ3v) is 1.52. The normalized spacial score (nSPS) is 10.7. The van der Waals surface area contributed by atoms with E-state index in [1.165, 1.54) is 0 Å². The molecule has 0 radical (unpaired) electrons. The Morgan fingerprint density at radius 1 is 0.867 bits per heavy atom. The largest absolute Gasteiger partial charge is 1.00 e. The van der Waals surface area contributed by atoms with E-state index in [9.17, 15) is 13.2 Å². The smallest absolute Gasteiger partial charge is 0.741 e. The standard InChI is InChI=1S/C6H6.CHF3O3S.Ag/c1-2-4-6-5-3-1;2-1(3,4)8(5,6)7;/h1-6H;(H,5,6,7);/q;;+1/p-1. The van der Waals surface area contributed by atoms with Gasteiger partial charge in [0.1, 0.15) is 0 Å². The maximum atomic E-state index is 10.7. The number of rotatable bonds is 0. The van der Waals surface area contributed by atoms with Crippen LogP contribution in [0.15, 0.2) is 36.4 Å². The molecule has 0 aliphatic heterocycles.